The zero-order valence-corrected chi connectivity index (χ0v) is 48.8. The smallest absolute Gasteiger partial charge is 0.0920 e. The Hall–Kier alpha value is -3.78. The van der Waals surface area contributed by atoms with Crippen molar-refractivity contribution in [3.05, 3.63) is 178 Å². The van der Waals surface area contributed by atoms with Crippen molar-refractivity contribution < 1.29 is 20.8 Å². The summed E-state index contributed by atoms with van der Waals surface area (Å²) >= 11 is -0.826. The van der Waals surface area contributed by atoms with Crippen LogP contribution in [0, 0.1) is 19.9 Å². The summed E-state index contributed by atoms with van der Waals surface area (Å²) in [5.41, 5.74) is 20.1. The van der Waals surface area contributed by atoms with E-state index in [1.807, 2.05) is 6.07 Å². The maximum absolute atomic E-state index is 4.93. The summed E-state index contributed by atoms with van der Waals surface area (Å²) in [4.78, 5) is 0. The Kier molecular flexibility index (Phi) is 17.1. The molecule has 0 bridgehead atoms. The standard InChI is InChI=1S/2C26H33.C12H7Si.2ClH.Zr/c2*1-9-18-12-19-11-10-17(2)24(23(19)13-18)20-14-21(25(3,4)5)16-22(15-20)26(6,7)8;1-3-7-11-9(5-1)10-6-2-4-8-12(10)13-11;;;/h2*10-16H,9H2,1-8H3;1-7H;2*1H;/q3*-1;;;+2/p-2. The molecule has 0 aromatic heterocycles. The summed E-state index contributed by atoms with van der Waals surface area (Å²) in [5, 5.41) is 8.34. The number of halogens is 2. The van der Waals surface area contributed by atoms with Crippen molar-refractivity contribution in [2.24, 2.45) is 0 Å². The first-order chi connectivity index (χ1) is 31.9. The first-order valence-corrected chi connectivity index (χ1v) is 31.7. The molecule has 1 aliphatic heterocycles. The van der Waals surface area contributed by atoms with E-state index in [4.69, 9.17) is 17.0 Å². The summed E-state index contributed by atoms with van der Waals surface area (Å²) in [6, 6.07) is 51.2. The number of aryl methyl sites for hydroxylation is 4. The molecule has 2 radical (unpaired) electrons. The number of benzene rings is 6. The van der Waals surface area contributed by atoms with Crippen LogP contribution < -0.4 is 10.4 Å². The molecule has 0 unspecified atom stereocenters. The molecule has 0 spiro atoms. The van der Waals surface area contributed by atoms with Gasteiger partial charge in [-0.2, -0.15) is 41.6 Å². The molecule has 354 valence electrons. The average Bonchev–Trinajstić information content (AvgIpc) is 4.01. The Balaban J connectivity index is 0.000000171. The van der Waals surface area contributed by atoms with E-state index in [0.717, 1.165) is 22.4 Å². The van der Waals surface area contributed by atoms with Gasteiger partial charge in [0, 0.05) is 0 Å². The van der Waals surface area contributed by atoms with Crippen LogP contribution in [-0.2, 0) is 55.3 Å². The zero-order chi connectivity index (χ0) is 49.9. The van der Waals surface area contributed by atoms with Crippen LogP contribution in [-0.4, -0.2) is 9.52 Å². The first kappa shape index (κ1) is 53.6. The predicted octanol–water partition coefficient (Wildman–Crippen LogP) is 17.9. The normalized spacial score (nSPS) is 12.3. The van der Waals surface area contributed by atoms with Crippen LogP contribution in [0.1, 0.15) is 141 Å². The topological polar surface area (TPSA) is 0 Å². The van der Waals surface area contributed by atoms with Gasteiger partial charge in [0.15, 0.2) is 0 Å². The van der Waals surface area contributed by atoms with Crippen molar-refractivity contribution in [3.8, 4) is 33.4 Å². The number of hydrogen-bond donors (Lipinski definition) is 0. The zero-order valence-electron chi connectivity index (χ0n) is 43.8. The molecule has 0 nitrogen and oxygen atoms in total. The molecule has 0 fully saturated rings. The van der Waals surface area contributed by atoms with Gasteiger partial charge in [-0.15, -0.1) is 74.6 Å². The molecule has 0 saturated carbocycles. The fourth-order valence-electron chi connectivity index (χ4n) is 9.08. The van der Waals surface area contributed by atoms with E-state index in [-0.39, 0.29) is 21.7 Å². The third kappa shape index (κ3) is 12.6. The molecule has 0 amide bonds. The predicted molar refractivity (Wildman–Crippen MR) is 300 cm³/mol. The Morgan fingerprint density at radius 3 is 1.26 bits per heavy atom. The largest absolute Gasteiger partial charge is 0.184 e. The summed E-state index contributed by atoms with van der Waals surface area (Å²) in [5.74, 6) is 0. The molecule has 0 saturated heterocycles. The Labute approximate surface area is 432 Å². The molecule has 9 rings (SSSR count). The van der Waals surface area contributed by atoms with Gasteiger partial charge in [-0.05, 0) is 81.7 Å². The number of fused-ring (bicyclic) bond motifs is 5. The fraction of sp³-hybridized carbons (Fsp3) is 0.344. The molecular weight excluding hydrogens is 959 g/mol. The van der Waals surface area contributed by atoms with Crippen molar-refractivity contribution in [1.82, 2.24) is 0 Å². The summed E-state index contributed by atoms with van der Waals surface area (Å²) in [6.07, 6.45) is 2.17. The van der Waals surface area contributed by atoms with Crippen molar-refractivity contribution >= 4 is 58.5 Å². The van der Waals surface area contributed by atoms with Crippen molar-refractivity contribution in [1.29, 1.82) is 0 Å². The van der Waals surface area contributed by atoms with E-state index in [1.165, 1.54) is 110 Å². The Morgan fingerprint density at radius 2 is 0.882 bits per heavy atom. The van der Waals surface area contributed by atoms with Crippen molar-refractivity contribution in [2.45, 2.75) is 145 Å². The second-order valence-electron chi connectivity index (χ2n) is 22.8. The van der Waals surface area contributed by atoms with Crippen LogP contribution in [0.5, 0.6) is 0 Å². The fourth-order valence-corrected chi connectivity index (χ4v) is 10.4. The number of hydrogen-bond acceptors (Lipinski definition) is 0. The van der Waals surface area contributed by atoms with Crippen LogP contribution >= 0.6 is 17.0 Å². The summed E-state index contributed by atoms with van der Waals surface area (Å²) in [6.45, 7) is 36.7. The molecule has 8 aromatic rings. The minimum Gasteiger partial charge on any atom is -0.184 e. The van der Waals surface area contributed by atoms with Crippen LogP contribution in [0.3, 0.4) is 0 Å². The van der Waals surface area contributed by atoms with Crippen molar-refractivity contribution in [3.63, 3.8) is 0 Å². The molecule has 4 heteroatoms. The van der Waals surface area contributed by atoms with Crippen LogP contribution in [0.2, 0.25) is 0 Å². The minimum absolute atomic E-state index is 0.137. The van der Waals surface area contributed by atoms with E-state index in [0.29, 0.717) is 0 Å². The molecule has 8 aromatic carbocycles. The van der Waals surface area contributed by atoms with Crippen LogP contribution in [0.15, 0.2) is 127 Å². The van der Waals surface area contributed by atoms with E-state index < -0.39 is 20.8 Å². The van der Waals surface area contributed by atoms with Gasteiger partial charge in [-0.25, -0.2) is 0 Å². The average molecular weight is 1030 g/mol. The van der Waals surface area contributed by atoms with Gasteiger partial charge >= 0.3 is 37.9 Å². The molecular formula is C64H73Cl2SiZr-3. The SMILES string of the molecule is CCc1cc2c(-c3cc(C(C)(C)C)cc(C(C)(C)C)c3)c(C)ccc2[cH-]1.CCc1cc2c(-c3cc(C(C)(C)C)cc(C(C)(C)C)c3)c(C)ccc2[cH-]1.[Cl][Zr][Cl].[c-]1cccc2c1[Si]c1ccccc1-2. The maximum atomic E-state index is 4.93. The Bertz CT molecular complexity index is 2730. The number of rotatable bonds is 4. The van der Waals surface area contributed by atoms with Gasteiger partial charge < -0.3 is 0 Å². The van der Waals surface area contributed by atoms with Gasteiger partial charge in [-0.1, -0.05) is 191 Å². The van der Waals surface area contributed by atoms with Gasteiger partial charge in [-0.3, -0.25) is 0 Å². The third-order valence-electron chi connectivity index (χ3n) is 13.4. The van der Waals surface area contributed by atoms with Gasteiger partial charge in [0.05, 0.1) is 9.52 Å². The van der Waals surface area contributed by atoms with Crippen LogP contribution in [0.4, 0.5) is 0 Å². The monoisotopic (exact) mass is 1030 g/mol. The summed E-state index contributed by atoms with van der Waals surface area (Å²) in [7, 11) is 10.7. The Morgan fingerprint density at radius 1 is 0.500 bits per heavy atom. The van der Waals surface area contributed by atoms with E-state index in [2.05, 4.69) is 238 Å². The summed E-state index contributed by atoms with van der Waals surface area (Å²) < 4.78 is 0. The molecule has 1 heterocycles. The quantitative estimate of drug-likeness (QED) is 0.122. The second kappa shape index (κ2) is 21.7. The first-order valence-electron chi connectivity index (χ1n) is 24.4. The molecule has 0 atom stereocenters. The van der Waals surface area contributed by atoms with Gasteiger partial charge in [0.2, 0.25) is 0 Å². The van der Waals surface area contributed by atoms with Crippen LogP contribution in [0.25, 0.3) is 54.9 Å². The van der Waals surface area contributed by atoms with Gasteiger partial charge in [0.1, 0.15) is 0 Å². The molecule has 0 aliphatic carbocycles. The van der Waals surface area contributed by atoms with Crippen molar-refractivity contribution in [2.75, 3.05) is 0 Å². The minimum atomic E-state index is -0.826. The molecule has 68 heavy (non-hydrogen) atoms. The second-order valence-corrected chi connectivity index (χ2v) is 27.8. The van der Waals surface area contributed by atoms with Gasteiger partial charge in [0.25, 0.3) is 0 Å². The van der Waals surface area contributed by atoms with E-state index in [9.17, 15) is 0 Å². The van der Waals surface area contributed by atoms with E-state index >= 15 is 0 Å². The third-order valence-corrected chi connectivity index (χ3v) is 14.7. The van der Waals surface area contributed by atoms with E-state index in [1.54, 1.807) is 0 Å². The molecule has 1 aliphatic rings. The maximum Gasteiger partial charge on any atom is 0.0920 e. The molecule has 0 N–H and O–H groups in total.